The van der Waals surface area contributed by atoms with Gasteiger partial charge in [-0.3, -0.25) is 14.6 Å². The Hall–Kier alpha value is -1.71. The highest BCUT2D eigenvalue weighted by Crippen LogP contribution is 2.22. The number of ketones is 1. The SMILES string of the molecule is COC(=O)C(C)(C)C(=O)c1cccnc1. The van der Waals surface area contributed by atoms with Crippen LogP contribution in [0, 0.1) is 5.41 Å². The van der Waals surface area contributed by atoms with Crippen molar-refractivity contribution in [3.8, 4) is 0 Å². The maximum Gasteiger partial charge on any atom is 0.319 e. The van der Waals surface area contributed by atoms with E-state index < -0.39 is 11.4 Å². The van der Waals surface area contributed by atoms with Crippen molar-refractivity contribution in [2.45, 2.75) is 13.8 Å². The van der Waals surface area contributed by atoms with Crippen molar-refractivity contribution >= 4 is 11.8 Å². The normalized spacial score (nSPS) is 10.9. The molecule has 0 fully saturated rings. The van der Waals surface area contributed by atoms with E-state index in [-0.39, 0.29) is 5.78 Å². The van der Waals surface area contributed by atoms with E-state index in [1.54, 1.807) is 18.3 Å². The van der Waals surface area contributed by atoms with E-state index in [4.69, 9.17) is 0 Å². The number of pyridine rings is 1. The van der Waals surface area contributed by atoms with Crippen molar-refractivity contribution in [1.82, 2.24) is 4.98 Å². The Labute approximate surface area is 88.3 Å². The first-order valence-electron chi connectivity index (χ1n) is 4.53. The van der Waals surface area contributed by atoms with Gasteiger partial charge in [0.1, 0.15) is 5.41 Å². The van der Waals surface area contributed by atoms with E-state index in [1.807, 2.05) is 0 Å². The number of carbonyl (C=O) groups is 2. The summed E-state index contributed by atoms with van der Waals surface area (Å²) in [6.07, 6.45) is 3.01. The molecule has 80 valence electrons. The van der Waals surface area contributed by atoms with Crippen molar-refractivity contribution in [3.63, 3.8) is 0 Å². The summed E-state index contributed by atoms with van der Waals surface area (Å²) in [5.74, 6) is -0.834. The van der Waals surface area contributed by atoms with Gasteiger partial charge in [-0.25, -0.2) is 0 Å². The van der Waals surface area contributed by atoms with Crippen molar-refractivity contribution in [2.24, 2.45) is 5.41 Å². The topological polar surface area (TPSA) is 56.3 Å². The summed E-state index contributed by atoms with van der Waals surface area (Å²) < 4.78 is 4.58. The van der Waals surface area contributed by atoms with Gasteiger partial charge < -0.3 is 4.74 Å². The van der Waals surface area contributed by atoms with Crippen LogP contribution < -0.4 is 0 Å². The Kier molecular flexibility index (Phi) is 3.19. The second-order valence-electron chi connectivity index (χ2n) is 3.69. The minimum Gasteiger partial charge on any atom is -0.468 e. The third kappa shape index (κ3) is 2.21. The summed E-state index contributed by atoms with van der Waals surface area (Å²) in [4.78, 5) is 27.1. The third-order valence-corrected chi connectivity index (χ3v) is 2.19. The number of methoxy groups -OCH3 is 1. The van der Waals surface area contributed by atoms with Crippen LogP contribution in [-0.2, 0) is 9.53 Å². The molecule has 0 amide bonds. The molecular weight excluding hydrogens is 194 g/mol. The van der Waals surface area contributed by atoms with Gasteiger partial charge in [0.2, 0.25) is 0 Å². The summed E-state index contributed by atoms with van der Waals surface area (Å²) in [7, 11) is 1.26. The van der Waals surface area contributed by atoms with Crippen LogP contribution in [0.5, 0.6) is 0 Å². The van der Waals surface area contributed by atoms with Gasteiger partial charge in [-0.15, -0.1) is 0 Å². The fraction of sp³-hybridized carbons (Fsp3) is 0.364. The van der Waals surface area contributed by atoms with Crippen LogP contribution in [0.2, 0.25) is 0 Å². The molecule has 1 heterocycles. The van der Waals surface area contributed by atoms with Crippen molar-refractivity contribution in [2.75, 3.05) is 7.11 Å². The molecule has 0 N–H and O–H groups in total. The third-order valence-electron chi connectivity index (χ3n) is 2.19. The van der Waals surface area contributed by atoms with Crippen LogP contribution in [0.25, 0.3) is 0 Å². The van der Waals surface area contributed by atoms with Crippen LogP contribution in [0.4, 0.5) is 0 Å². The highest BCUT2D eigenvalue weighted by atomic mass is 16.5. The number of hydrogen-bond donors (Lipinski definition) is 0. The summed E-state index contributed by atoms with van der Waals surface area (Å²) >= 11 is 0. The average Bonchev–Trinajstić information content (AvgIpc) is 2.28. The lowest BCUT2D eigenvalue weighted by Gasteiger charge is -2.19. The fourth-order valence-electron chi connectivity index (χ4n) is 1.21. The lowest BCUT2D eigenvalue weighted by molar-refractivity contribution is -0.147. The number of nitrogens with zero attached hydrogens (tertiary/aromatic N) is 1. The first-order chi connectivity index (χ1) is 7.00. The molecule has 4 nitrogen and oxygen atoms in total. The number of esters is 1. The molecular formula is C11H13NO3. The summed E-state index contributed by atoms with van der Waals surface area (Å²) in [5.41, 5.74) is -0.759. The van der Waals surface area contributed by atoms with Crippen LogP contribution >= 0.6 is 0 Å². The van der Waals surface area contributed by atoms with Crippen molar-refractivity contribution in [3.05, 3.63) is 30.1 Å². The number of carbonyl (C=O) groups excluding carboxylic acids is 2. The zero-order chi connectivity index (χ0) is 11.5. The summed E-state index contributed by atoms with van der Waals surface area (Å²) in [5, 5.41) is 0. The van der Waals surface area contributed by atoms with Gasteiger partial charge in [-0.05, 0) is 26.0 Å². The monoisotopic (exact) mass is 207 g/mol. The number of Topliss-reactive ketones (excluding diaryl/α,β-unsaturated/α-hetero) is 1. The molecule has 0 aliphatic rings. The molecule has 1 aromatic rings. The first kappa shape index (κ1) is 11.4. The number of aromatic nitrogens is 1. The Morgan fingerprint density at radius 3 is 2.53 bits per heavy atom. The van der Waals surface area contributed by atoms with Gasteiger partial charge in [-0.1, -0.05) is 0 Å². The first-order valence-corrected chi connectivity index (χ1v) is 4.53. The summed E-state index contributed by atoms with van der Waals surface area (Å²) in [6, 6.07) is 3.28. The van der Waals surface area contributed by atoms with E-state index in [0.717, 1.165) is 0 Å². The lowest BCUT2D eigenvalue weighted by atomic mass is 9.85. The minimum atomic E-state index is -1.17. The Balaban J connectivity index is 3.00. The zero-order valence-electron chi connectivity index (χ0n) is 8.98. The molecule has 0 saturated carbocycles. The Morgan fingerprint density at radius 1 is 1.40 bits per heavy atom. The van der Waals surface area contributed by atoms with Crippen molar-refractivity contribution in [1.29, 1.82) is 0 Å². The molecule has 0 aromatic carbocycles. The molecule has 0 aliphatic carbocycles. The Morgan fingerprint density at radius 2 is 2.07 bits per heavy atom. The molecule has 15 heavy (non-hydrogen) atoms. The maximum atomic E-state index is 11.9. The maximum absolute atomic E-state index is 11.9. The molecule has 0 unspecified atom stereocenters. The van der Waals surface area contributed by atoms with E-state index in [9.17, 15) is 9.59 Å². The largest absolute Gasteiger partial charge is 0.468 e. The molecule has 0 bridgehead atoms. The quantitative estimate of drug-likeness (QED) is 0.428. The highest BCUT2D eigenvalue weighted by molar-refractivity contribution is 6.11. The lowest BCUT2D eigenvalue weighted by Crippen LogP contribution is -2.34. The van der Waals surface area contributed by atoms with E-state index >= 15 is 0 Å². The second kappa shape index (κ2) is 4.21. The smallest absolute Gasteiger partial charge is 0.319 e. The zero-order valence-corrected chi connectivity index (χ0v) is 8.98. The van der Waals surface area contributed by atoms with Crippen LogP contribution in [0.15, 0.2) is 24.5 Å². The predicted molar refractivity (Wildman–Crippen MR) is 54.4 cm³/mol. The predicted octanol–water partition coefficient (Wildman–Crippen LogP) is 1.46. The molecule has 4 heteroatoms. The minimum absolute atomic E-state index is 0.289. The molecule has 0 radical (unpaired) electrons. The Bertz CT molecular complexity index is 371. The van der Waals surface area contributed by atoms with Crippen LogP contribution in [0.1, 0.15) is 24.2 Å². The average molecular weight is 207 g/mol. The van der Waals surface area contributed by atoms with E-state index in [1.165, 1.54) is 27.2 Å². The highest BCUT2D eigenvalue weighted by Gasteiger charge is 2.37. The molecule has 0 atom stereocenters. The molecule has 0 saturated heterocycles. The van der Waals surface area contributed by atoms with E-state index in [0.29, 0.717) is 5.56 Å². The molecule has 0 spiro atoms. The van der Waals surface area contributed by atoms with Gasteiger partial charge in [0, 0.05) is 18.0 Å². The van der Waals surface area contributed by atoms with Gasteiger partial charge in [0.15, 0.2) is 5.78 Å². The van der Waals surface area contributed by atoms with Crippen LogP contribution in [-0.4, -0.2) is 23.8 Å². The van der Waals surface area contributed by atoms with Crippen molar-refractivity contribution < 1.29 is 14.3 Å². The van der Waals surface area contributed by atoms with Crippen LogP contribution in [0.3, 0.4) is 0 Å². The molecule has 1 rings (SSSR count). The molecule has 1 aromatic heterocycles. The number of rotatable bonds is 3. The van der Waals surface area contributed by atoms with Gasteiger partial charge in [0.05, 0.1) is 7.11 Å². The standard InChI is InChI=1S/C11H13NO3/c1-11(2,10(14)15-3)9(13)8-5-4-6-12-7-8/h4-7H,1-3H3. The van der Waals surface area contributed by atoms with Gasteiger partial charge in [-0.2, -0.15) is 0 Å². The summed E-state index contributed by atoms with van der Waals surface area (Å²) in [6.45, 7) is 3.07. The molecule has 0 aliphatic heterocycles. The fourth-order valence-corrected chi connectivity index (χ4v) is 1.21. The van der Waals surface area contributed by atoms with Gasteiger partial charge in [0.25, 0.3) is 0 Å². The second-order valence-corrected chi connectivity index (χ2v) is 3.69. The number of ether oxygens (including phenoxy) is 1. The van der Waals surface area contributed by atoms with Gasteiger partial charge >= 0.3 is 5.97 Å². The number of hydrogen-bond acceptors (Lipinski definition) is 4. The van der Waals surface area contributed by atoms with E-state index in [2.05, 4.69) is 9.72 Å².